The van der Waals surface area contributed by atoms with Gasteiger partial charge in [0.1, 0.15) is 11.3 Å². The van der Waals surface area contributed by atoms with E-state index >= 15 is 0 Å². The second-order valence-corrected chi connectivity index (χ2v) is 10.7. The summed E-state index contributed by atoms with van der Waals surface area (Å²) in [6.45, 7) is -0.191. The number of aliphatic hydroxyl groups is 1. The predicted molar refractivity (Wildman–Crippen MR) is 106 cm³/mol. The zero-order chi connectivity index (χ0) is 22.0. The normalized spacial score (nSPS) is 27.2. The molecule has 170 valence electrons. The highest BCUT2D eigenvalue weighted by molar-refractivity contribution is 7.90. The van der Waals surface area contributed by atoms with E-state index in [1.807, 2.05) is 0 Å². The molecule has 0 bridgehead atoms. The fourth-order valence-corrected chi connectivity index (χ4v) is 6.08. The smallest absolute Gasteiger partial charge is 0.266 e. The van der Waals surface area contributed by atoms with Crippen LogP contribution in [-0.4, -0.2) is 81.9 Å². The van der Waals surface area contributed by atoms with Crippen LogP contribution in [0.4, 0.5) is 24.9 Å². The van der Waals surface area contributed by atoms with Crippen molar-refractivity contribution in [3.63, 3.8) is 0 Å². The molecule has 2 aromatic rings. The van der Waals surface area contributed by atoms with Gasteiger partial charge in [-0.1, -0.05) is 0 Å². The molecule has 0 amide bonds. The van der Waals surface area contributed by atoms with E-state index in [1.165, 1.54) is 19.9 Å². The lowest BCUT2D eigenvalue weighted by molar-refractivity contribution is 0.0256. The Morgan fingerprint density at radius 3 is 2.65 bits per heavy atom. The molecule has 9 nitrogen and oxygen atoms in total. The number of anilines is 2. The molecule has 1 aliphatic carbocycles. The number of aromatic nitrogens is 3. The van der Waals surface area contributed by atoms with Crippen LogP contribution in [0.15, 0.2) is 12.3 Å². The van der Waals surface area contributed by atoms with Crippen LogP contribution in [0.1, 0.15) is 25.7 Å². The molecule has 1 saturated carbocycles. The summed E-state index contributed by atoms with van der Waals surface area (Å²) in [4.78, 5) is 5.46. The summed E-state index contributed by atoms with van der Waals surface area (Å²) in [5.41, 5.74) is 0.0571. The van der Waals surface area contributed by atoms with Gasteiger partial charge < -0.3 is 15.3 Å². The Morgan fingerprint density at radius 2 is 2.00 bits per heavy atom. The van der Waals surface area contributed by atoms with Crippen molar-refractivity contribution in [1.82, 2.24) is 18.9 Å². The van der Waals surface area contributed by atoms with Gasteiger partial charge in [0.2, 0.25) is 16.0 Å². The first-order chi connectivity index (χ1) is 14.6. The van der Waals surface area contributed by atoms with Crippen LogP contribution in [0.2, 0.25) is 0 Å². The van der Waals surface area contributed by atoms with Crippen molar-refractivity contribution in [3.05, 3.63) is 18.1 Å². The van der Waals surface area contributed by atoms with E-state index in [9.17, 15) is 26.7 Å². The van der Waals surface area contributed by atoms with Gasteiger partial charge in [0.25, 0.3) is 5.92 Å². The largest absolute Gasteiger partial charge is 0.390 e. The number of hydrogen-bond acceptors (Lipinski definition) is 7. The number of nitrogens with zero attached hydrogens (tertiary/aromatic N) is 5. The molecule has 2 atom stereocenters. The van der Waals surface area contributed by atoms with E-state index in [2.05, 4.69) is 15.4 Å². The first-order valence-corrected chi connectivity index (χ1v) is 11.7. The molecule has 0 spiro atoms. The molecule has 0 aromatic carbocycles. The Kier molecular flexibility index (Phi) is 4.83. The SMILES string of the molecule is O=S(=O)(C1CC1)N1CC[C@@H](Nc2ncc3c(F)cc(N4CCC(F)(F)C4)n3n2)[C@H](O)C1. The molecule has 0 radical (unpaired) electrons. The van der Waals surface area contributed by atoms with Gasteiger partial charge in [-0.05, 0) is 19.3 Å². The lowest BCUT2D eigenvalue weighted by Crippen LogP contribution is -2.52. The zero-order valence-corrected chi connectivity index (χ0v) is 17.4. The number of sulfonamides is 1. The number of piperidine rings is 1. The molecule has 13 heteroatoms. The third kappa shape index (κ3) is 3.82. The molecule has 3 aliphatic rings. The number of rotatable bonds is 5. The lowest BCUT2D eigenvalue weighted by atomic mass is 10.0. The maximum atomic E-state index is 14.3. The highest BCUT2D eigenvalue weighted by atomic mass is 32.2. The zero-order valence-electron chi connectivity index (χ0n) is 16.6. The van der Waals surface area contributed by atoms with Crippen molar-refractivity contribution in [2.75, 3.05) is 36.4 Å². The van der Waals surface area contributed by atoms with Gasteiger partial charge in [0.15, 0.2) is 5.82 Å². The number of β-amino-alcohol motifs (C(OH)–C–C–N with tert-alkyl or cyclic N) is 1. The first kappa shape index (κ1) is 20.8. The third-order valence-electron chi connectivity index (χ3n) is 6.11. The molecular formula is C18H23F3N6O3S. The molecular weight excluding hydrogens is 437 g/mol. The average Bonchev–Trinajstić information content (AvgIpc) is 3.45. The molecule has 2 saturated heterocycles. The van der Waals surface area contributed by atoms with Crippen molar-refractivity contribution < 1.29 is 26.7 Å². The average molecular weight is 460 g/mol. The molecule has 4 heterocycles. The van der Waals surface area contributed by atoms with Crippen LogP contribution in [-0.2, 0) is 10.0 Å². The molecule has 0 unspecified atom stereocenters. The number of nitrogens with one attached hydrogen (secondary N) is 1. The highest BCUT2D eigenvalue weighted by Gasteiger charge is 2.43. The van der Waals surface area contributed by atoms with Crippen LogP contribution < -0.4 is 10.2 Å². The van der Waals surface area contributed by atoms with Crippen LogP contribution >= 0.6 is 0 Å². The van der Waals surface area contributed by atoms with Gasteiger partial charge in [0.05, 0.1) is 30.1 Å². The van der Waals surface area contributed by atoms with Gasteiger partial charge in [-0.25, -0.2) is 31.1 Å². The summed E-state index contributed by atoms with van der Waals surface area (Å²) in [5, 5.41) is 17.4. The van der Waals surface area contributed by atoms with E-state index in [1.54, 1.807) is 0 Å². The van der Waals surface area contributed by atoms with Gasteiger partial charge in [-0.2, -0.15) is 4.31 Å². The summed E-state index contributed by atoms with van der Waals surface area (Å²) in [6.07, 6.45) is 1.62. The van der Waals surface area contributed by atoms with Gasteiger partial charge in [0, 0.05) is 32.1 Å². The monoisotopic (exact) mass is 460 g/mol. The molecule has 2 N–H and O–H groups in total. The van der Waals surface area contributed by atoms with E-state index in [0.717, 1.165) is 6.07 Å². The molecule has 2 aliphatic heterocycles. The van der Waals surface area contributed by atoms with Crippen molar-refractivity contribution in [2.24, 2.45) is 0 Å². The van der Waals surface area contributed by atoms with Gasteiger partial charge in [-0.15, -0.1) is 5.10 Å². The van der Waals surface area contributed by atoms with Crippen molar-refractivity contribution in [3.8, 4) is 0 Å². The molecule has 3 fully saturated rings. The molecule has 31 heavy (non-hydrogen) atoms. The maximum Gasteiger partial charge on any atom is 0.266 e. The number of hydrogen-bond donors (Lipinski definition) is 2. The summed E-state index contributed by atoms with van der Waals surface area (Å²) in [7, 11) is -3.37. The number of halogens is 3. The summed E-state index contributed by atoms with van der Waals surface area (Å²) >= 11 is 0. The Morgan fingerprint density at radius 1 is 1.23 bits per heavy atom. The van der Waals surface area contributed by atoms with E-state index in [-0.39, 0.29) is 48.6 Å². The molecule has 5 rings (SSSR count). The number of aliphatic hydroxyl groups excluding tert-OH is 1. The first-order valence-electron chi connectivity index (χ1n) is 10.2. The molecule has 2 aromatic heterocycles. The second-order valence-electron chi connectivity index (χ2n) is 8.47. The Balaban J connectivity index is 1.33. The highest BCUT2D eigenvalue weighted by Crippen LogP contribution is 2.34. The minimum absolute atomic E-state index is 0.0228. The number of fused-ring (bicyclic) bond motifs is 1. The fraction of sp³-hybridized carbons (Fsp3) is 0.667. The van der Waals surface area contributed by atoms with Crippen molar-refractivity contribution in [2.45, 2.75) is 49.0 Å². The standard InChI is InChI=1S/C18H23F3N6O3S/c19-12-7-16(25-6-4-18(20,21)10-25)27-14(12)8-22-17(24-27)23-13-3-5-26(9-15(13)28)31(29,30)11-1-2-11/h7-8,11,13,15,28H,1-6,9-10H2,(H,23,24)/t13-,15-/m1/s1. The lowest BCUT2D eigenvalue weighted by Gasteiger charge is -2.35. The maximum absolute atomic E-state index is 14.3. The number of alkyl halides is 2. The van der Waals surface area contributed by atoms with Gasteiger partial charge in [-0.3, -0.25) is 0 Å². The Bertz CT molecular complexity index is 1110. The van der Waals surface area contributed by atoms with Crippen molar-refractivity contribution >= 4 is 27.3 Å². The van der Waals surface area contributed by atoms with E-state index < -0.39 is 40.5 Å². The van der Waals surface area contributed by atoms with Gasteiger partial charge >= 0.3 is 0 Å². The topological polar surface area (TPSA) is 103 Å². The minimum Gasteiger partial charge on any atom is -0.390 e. The summed E-state index contributed by atoms with van der Waals surface area (Å²) in [6, 6.07) is 0.661. The third-order valence-corrected chi connectivity index (χ3v) is 8.47. The summed E-state index contributed by atoms with van der Waals surface area (Å²) in [5.74, 6) is -3.15. The Hall–Kier alpha value is -2.12. The minimum atomic E-state index is -3.37. The van der Waals surface area contributed by atoms with E-state index in [0.29, 0.717) is 19.3 Å². The van der Waals surface area contributed by atoms with Crippen LogP contribution in [0.3, 0.4) is 0 Å². The fourth-order valence-electron chi connectivity index (χ4n) is 4.20. The van der Waals surface area contributed by atoms with Crippen LogP contribution in [0.25, 0.3) is 5.52 Å². The van der Waals surface area contributed by atoms with Crippen molar-refractivity contribution in [1.29, 1.82) is 0 Å². The summed E-state index contributed by atoms with van der Waals surface area (Å²) < 4.78 is 68.9. The predicted octanol–water partition coefficient (Wildman–Crippen LogP) is 1.05. The van der Waals surface area contributed by atoms with E-state index in [4.69, 9.17) is 0 Å². The van der Waals surface area contributed by atoms with Crippen LogP contribution in [0.5, 0.6) is 0 Å². The van der Waals surface area contributed by atoms with Crippen LogP contribution in [0, 0.1) is 5.82 Å². The quantitative estimate of drug-likeness (QED) is 0.688. The Labute approximate surface area is 176 Å². The second kappa shape index (κ2) is 7.20.